The van der Waals surface area contributed by atoms with Crippen LogP contribution in [0.15, 0.2) is 29.3 Å². The molecular formula is C15H18N2O2S. The smallest absolute Gasteiger partial charge is 0.220 e. The van der Waals surface area contributed by atoms with E-state index >= 15 is 0 Å². The van der Waals surface area contributed by atoms with Crippen LogP contribution in [-0.2, 0) is 11.2 Å². The van der Waals surface area contributed by atoms with E-state index in [9.17, 15) is 4.79 Å². The van der Waals surface area contributed by atoms with Crippen molar-refractivity contribution in [1.82, 2.24) is 5.32 Å². The Kier molecular flexibility index (Phi) is 5.27. The average Bonchev–Trinajstić information content (AvgIpc) is 2.43. The minimum Gasteiger partial charge on any atom is -0.497 e. The van der Waals surface area contributed by atoms with E-state index in [2.05, 4.69) is 27.7 Å². The summed E-state index contributed by atoms with van der Waals surface area (Å²) in [5.41, 5.74) is 1.14. The molecule has 0 bridgehead atoms. The molecule has 1 aliphatic carbocycles. The lowest BCUT2D eigenvalue weighted by Crippen LogP contribution is -2.46. The lowest BCUT2D eigenvalue weighted by atomic mass is 9.87. The summed E-state index contributed by atoms with van der Waals surface area (Å²) in [5.74, 6) is 0.924. The number of rotatable bonds is 6. The summed E-state index contributed by atoms with van der Waals surface area (Å²) in [4.78, 5) is 15.8. The number of hydrogen-bond acceptors (Lipinski definition) is 4. The number of carbonyl (C=O) groups excluding carboxylic acids is 1. The Balaban J connectivity index is 1.68. The van der Waals surface area contributed by atoms with E-state index in [1.807, 2.05) is 24.3 Å². The fourth-order valence-corrected chi connectivity index (χ4v) is 2.38. The second-order valence-electron chi connectivity index (χ2n) is 4.96. The maximum atomic E-state index is 11.8. The molecular weight excluding hydrogens is 272 g/mol. The van der Waals surface area contributed by atoms with Gasteiger partial charge < -0.3 is 10.1 Å². The SMILES string of the molecule is COc1ccc(CCC(=O)N[C@H]2C[C@@H](N=C=S)C2)cc1. The standard InChI is InChI=1S/C15H18N2O2S/c1-19-14-5-2-11(3-6-14)4-7-15(18)17-13-8-12(9-13)16-10-20/h2-3,5-6,12-13H,4,7-9H2,1H3,(H,17,18)/t12-,13+. The van der Waals surface area contributed by atoms with Crippen LogP contribution in [0.3, 0.4) is 0 Å². The van der Waals surface area contributed by atoms with Gasteiger partial charge >= 0.3 is 0 Å². The number of ether oxygens (including phenoxy) is 1. The average molecular weight is 290 g/mol. The van der Waals surface area contributed by atoms with Crippen LogP contribution in [0, 0.1) is 0 Å². The van der Waals surface area contributed by atoms with Crippen LogP contribution in [0.1, 0.15) is 24.8 Å². The normalized spacial score (nSPS) is 20.4. The van der Waals surface area contributed by atoms with Crippen molar-refractivity contribution in [2.75, 3.05) is 7.11 Å². The van der Waals surface area contributed by atoms with Gasteiger partial charge in [0, 0.05) is 12.5 Å². The molecule has 1 fully saturated rings. The number of nitrogens with one attached hydrogen (secondary N) is 1. The number of carbonyl (C=O) groups is 1. The predicted molar refractivity (Wildman–Crippen MR) is 81.3 cm³/mol. The minimum absolute atomic E-state index is 0.0931. The maximum Gasteiger partial charge on any atom is 0.220 e. The quantitative estimate of drug-likeness (QED) is 0.646. The van der Waals surface area contributed by atoms with Gasteiger partial charge in [0.1, 0.15) is 5.75 Å². The zero-order valence-corrected chi connectivity index (χ0v) is 12.3. The molecule has 1 aromatic carbocycles. The predicted octanol–water partition coefficient (Wildman–Crippen LogP) is 2.38. The van der Waals surface area contributed by atoms with Crippen LogP contribution in [0.2, 0.25) is 0 Å². The van der Waals surface area contributed by atoms with Crippen LogP contribution in [0.25, 0.3) is 0 Å². The highest BCUT2D eigenvalue weighted by molar-refractivity contribution is 7.78. The summed E-state index contributed by atoms with van der Waals surface area (Å²) in [6.45, 7) is 0. The number of aryl methyl sites for hydroxylation is 1. The largest absolute Gasteiger partial charge is 0.497 e. The summed E-state index contributed by atoms with van der Waals surface area (Å²) >= 11 is 4.56. The summed E-state index contributed by atoms with van der Waals surface area (Å²) in [6, 6.07) is 8.29. The van der Waals surface area contributed by atoms with Gasteiger partial charge in [0.05, 0.1) is 18.3 Å². The molecule has 0 radical (unpaired) electrons. The van der Waals surface area contributed by atoms with Crippen molar-refractivity contribution in [2.45, 2.75) is 37.8 Å². The Bertz CT molecular complexity index is 503. The Hall–Kier alpha value is -1.71. The number of thiocarbonyl (C=S) groups is 1. The molecule has 0 aromatic heterocycles. The molecule has 5 heteroatoms. The molecule has 20 heavy (non-hydrogen) atoms. The van der Waals surface area contributed by atoms with Gasteiger partial charge in [-0.1, -0.05) is 12.1 Å². The zero-order valence-electron chi connectivity index (χ0n) is 11.5. The minimum atomic E-state index is 0.0931. The van der Waals surface area contributed by atoms with Gasteiger partial charge in [-0.3, -0.25) is 4.79 Å². The lowest BCUT2D eigenvalue weighted by molar-refractivity contribution is -0.122. The molecule has 2 rings (SSSR count). The first kappa shape index (κ1) is 14.7. The van der Waals surface area contributed by atoms with Gasteiger partial charge in [0.15, 0.2) is 0 Å². The zero-order chi connectivity index (χ0) is 14.4. The molecule has 0 spiro atoms. The summed E-state index contributed by atoms with van der Waals surface area (Å²) < 4.78 is 5.10. The molecule has 1 amide bonds. The van der Waals surface area contributed by atoms with Crippen LogP contribution in [-0.4, -0.2) is 30.3 Å². The molecule has 1 N–H and O–H groups in total. The number of isothiocyanates is 1. The fraction of sp³-hybridized carbons (Fsp3) is 0.467. The van der Waals surface area contributed by atoms with E-state index in [1.165, 1.54) is 0 Å². The van der Waals surface area contributed by atoms with Crippen molar-refractivity contribution in [1.29, 1.82) is 0 Å². The monoisotopic (exact) mass is 290 g/mol. The van der Waals surface area contributed by atoms with E-state index in [-0.39, 0.29) is 18.0 Å². The fourth-order valence-electron chi connectivity index (χ4n) is 2.24. The van der Waals surface area contributed by atoms with Crippen molar-refractivity contribution in [2.24, 2.45) is 4.99 Å². The van der Waals surface area contributed by atoms with Gasteiger partial charge in [-0.25, -0.2) is 4.99 Å². The van der Waals surface area contributed by atoms with Crippen molar-refractivity contribution >= 4 is 23.3 Å². The molecule has 1 aromatic rings. The van der Waals surface area contributed by atoms with Gasteiger partial charge in [-0.15, -0.1) is 0 Å². The molecule has 0 heterocycles. The second kappa shape index (κ2) is 7.17. The molecule has 1 saturated carbocycles. The number of benzene rings is 1. The van der Waals surface area contributed by atoms with Crippen LogP contribution >= 0.6 is 12.2 Å². The Labute approximate surface area is 124 Å². The van der Waals surface area contributed by atoms with E-state index in [0.717, 1.165) is 30.6 Å². The van der Waals surface area contributed by atoms with E-state index < -0.39 is 0 Å². The van der Waals surface area contributed by atoms with Crippen LogP contribution in [0.4, 0.5) is 0 Å². The first-order chi connectivity index (χ1) is 9.71. The summed E-state index contributed by atoms with van der Waals surface area (Å²) in [5, 5.41) is 5.40. The number of aliphatic imine (C=N–C) groups is 1. The first-order valence-corrected chi connectivity index (χ1v) is 7.11. The van der Waals surface area contributed by atoms with E-state index in [0.29, 0.717) is 6.42 Å². The summed E-state index contributed by atoms with van der Waals surface area (Å²) in [7, 11) is 1.64. The van der Waals surface area contributed by atoms with Crippen molar-refractivity contribution in [3.63, 3.8) is 0 Å². The number of nitrogens with zero attached hydrogens (tertiary/aromatic N) is 1. The maximum absolute atomic E-state index is 11.8. The highest BCUT2D eigenvalue weighted by Crippen LogP contribution is 2.23. The third kappa shape index (κ3) is 4.15. The molecule has 106 valence electrons. The lowest BCUT2D eigenvalue weighted by Gasteiger charge is -2.32. The Morgan fingerprint density at radius 1 is 1.45 bits per heavy atom. The van der Waals surface area contributed by atoms with Crippen LogP contribution < -0.4 is 10.1 Å². The number of hydrogen-bond donors (Lipinski definition) is 1. The van der Waals surface area contributed by atoms with Gasteiger partial charge in [0.2, 0.25) is 5.91 Å². The third-order valence-electron chi connectivity index (χ3n) is 3.51. The highest BCUT2D eigenvalue weighted by Gasteiger charge is 2.29. The highest BCUT2D eigenvalue weighted by atomic mass is 32.1. The summed E-state index contributed by atoms with van der Waals surface area (Å²) in [6.07, 6.45) is 2.99. The van der Waals surface area contributed by atoms with Crippen molar-refractivity contribution in [3.8, 4) is 5.75 Å². The van der Waals surface area contributed by atoms with Crippen molar-refractivity contribution < 1.29 is 9.53 Å². The first-order valence-electron chi connectivity index (χ1n) is 6.70. The number of methoxy groups -OCH3 is 1. The van der Waals surface area contributed by atoms with Gasteiger partial charge in [0.25, 0.3) is 0 Å². The molecule has 0 saturated heterocycles. The molecule has 1 aliphatic rings. The molecule has 0 unspecified atom stereocenters. The second-order valence-corrected chi connectivity index (χ2v) is 5.14. The van der Waals surface area contributed by atoms with E-state index in [1.54, 1.807) is 7.11 Å². The Morgan fingerprint density at radius 2 is 2.15 bits per heavy atom. The third-order valence-corrected chi connectivity index (χ3v) is 3.62. The molecule has 0 atom stereocenters. The van der Waals surface area contributed by atoms with E-state index in [4.69, 9.17) is 4.74 Å². The Morgan fingerprint density at radius 3 is 2.75 bits per heavy atom. The molecule has 0 aliphatic heterocycles. The van der Waals surface area contributed by atoms with Gasteiger partial charge in [-0.05, 0) is 49.2 Å². The van der Waals surface area contributed by atoms with Gasteiger partial charge in [-0.2, -0.15) is 0 Å². The number of amides is 1. The molecule has 4 nitrogen and oxygen atoms in total. The van der Waals surface area contributed by atoms with Crippen LogP contribution in [0.5, 0.6) is 5.75 Å². The topological polar surface area (TPSA) is 50.7 Å². The van der Waals surface area contributed by atoms with Crippen molar-refractivity contribution in [3.05, 3.63) is 29.8 Å².